The van der Waals surface area contributed by atoms with Crippen molar-refractivity contribution in [3.05, 3.63) is 40.0 Å². The average molecular weight is 237 g/mol. The van der Waals surface area contributed by atoms with Crippen molar-refractivity contribution < 1.29 is 9.47 Å². The van der Waals surface area contributed by atoms with E-state index in [0.717, 1.165) is 0 Å². The molecule has 2 rings (SSSR count). The van der Waals surface area contributed by atoms with Crippen LogP contribution in [0.3, 0.4) is 0 Å². The Morgan fingerprint density at radius 2 is 2.00 bits per heavy atom. The van der Waals surface area contributed by atoms with Crippen molar-refractivity contribution in [2.75, 3.05) is 14.2 Å². The molecule has 0 atom stereocenters. The van der Waals surface area contributed by atoms with Crippen molar-refractivity contribution in [1.82, 2.24) is 3.96 Å². The molecule has 2 aromatic rings. The third kappa shape index (κ3) is 1.81. The monoisotopic (exact) mass is 237 g/mol. The summed E-state index contributed by atoms with van der Waals surface area (Å²) in [5, 5.41) is 1.74. The minimum absolute atomic E-state index is 0.0726. The topological polar surface area (TPSA) is 40.5 Å². The highest BCUT2D eigenvalue weighted by atomic mass is 32.1. The molecule has 4 nitrogen and oxygen atoms in total. The van der Waals surface area contributed by atoms with Crippen molar-refractivity contribution in [2.45, 2.75) is 0 Å². The highest BCUT2D eigenvalue weighted by Gasteiger charge is 2.09. The highest BCUT2D eigenvalue weighted by molar-refractivity contribution is 7.04. The van der Waals surface area contributed by atoms with E-state index in [0.29, 0.717) is 17.2 Å². The molecule has 0 saturated heterocycles. The zero-order valence-corrected chi connectivity index (χ0v) is 9.78. The third-order valence-electron chi connectivity index (χ3n) is 2.18. The van der Waals surface area contributed by atoms with Gasteiger partial charge in [0.25, 0.3) is 5.56 Å². The van der Waals surface area contributed by atoms with Gasteiger partial charge in [-0.05, 0) is 12.1 Å². The minimum Gasteiger partial charge on any atom is -0.497 e. The fourth-order valence-electron chi connectivity index (χ4n) is 1.40. The zero-order chi connectivity index (χ0) is 11.5. The van der Waals surface area contributed by atoms with E-state index in [9.17, 15) is 4.79 Å². The summed E-state index contributed by atoms with van der Waals surface area (Å²) in [7, 11) is 3.16. The second-order valence-electron chi connectivity index (χ2n) is 3.08. The largest absolute Gasteiger partial charge is 0.497 e. The fourth-order valence-corrected chi connectivity index (χ4v) is 2.12. The first-order valence-electron chi connectivity index (χ1n) is 4.65. The number of methoxy groups -OCH3 is 2. The van der Waals surface area contributed by atoms with Gasteiger partial charge >= 0.3 is 0 Å². The van der Waals surface area contributed by atoms with Crippen LogP contribution in [0, 0.1) is 0 Å². The molecule has 16 heavy (non-hydrogen) atoms. The van der Waals surface area contributed by atoms with Crippen molar-refractivity contribution >= 4 is 11.5 Å². The summed E-state index contributed by atoms with van der Waals surface area (Å²) >= 11 is 1.32. The van der Waals surface area contributed by atoms with Gasteiger partial charge in [-0.15, -0.1) is 0 Å². The molecule has 84 valence electrons. The SMILES string of the molecule is COc1ccc(OC)c(-n2sccc2=O)c1. The Balaban J connectivity index is 2.62. The number of benzene rings is 1. The predicted molar refractivity (Wildman–Crippen MR) is 63.0 cm³/mol. The molecular formula is C11H11NO3S. The Bertz CT molecular complexity index is 544. The number of hydrogen-bond acceptors (Lipinski definition) is 4. The summed E-state index contributed by atoms with van der Waals surface area (Å²) in [5.41, 5.74) is 0.624. The van der Waals surface area contributed by atoms with Crippen molar-refractivity contribution in [3.63, 3.8) is 0 Å². The second kappa shape index (κ2) is 4.40. The Labute approximate surface area is 96.8 Å². The molecule has 0 spiro atoms. The van der Waals surface area contributed by atoms with Crippen LogP contribution in [0.4, 0.5) is 0 Å². The number of aromatic nitrogens is 1. The van der Waals surface area contributed by atoms with Crippen LogP contribution in [0.2, 0.25) is 0 Å². The van der Waals surface area contributed by atoms with Gasteiger partial charge < -0.3 is 9.47 Å². The fraction of sp³-hybridized carbons (Fsp3) is 0.182. The van der Waals surface area contributed by atoms with Gasteiger partial charge in [0.2, 0.25) is 0 Å². The van der Waals surface area contributed by atoms with Gasteiger partial charge in [0.05, 0.1) is 14.2 Å². The van der Waals surface area contributed by atoms with E-state index in [2.05, 4.69) is 0 Å². The molecule has 1 heterocycles. The normalized spacial score (nSPS) is 10.1. The van der Waals surface area contributed by atoms with E-state index in [1.807, 2.05) is 0 Å². The van der Waals surface area contributed by atoms with E-state index in [4.69, 9.17) is 9.47 Å². The summed E-state index contributed by atoms with van der Waals surface area (Å²) < 4.78 is 11.9. The van der Waals surface area contributed by atoms with Crippen LogP contribution in [0.1, 0.15) is 0 Å². The number of ether oxygens (including phenoxy) is 2. The summed E-state index contributed by atoms with van der Waals surface area (Å²) in [4.78, 5) is 11.6. The molecule has 0 amide bonds. The first-order valence-corrected chi connectivity index (χ1v) is 5.49. The standard InChI is InChI=1S/C11H11NO3S/c1-14-8-3-4-10(15-2)9(7-8)12-11(13)5-6-16-12/h3-7H,1-2H3. The average Bonchev–Trinajstić information content (AvgIpc) is 2.74. The van der Waals surface area contributed by atoms with E-state index in [-0.39, 0.29) is 5.56 Å². The molecular weight excluding hydrogens is 226 g/mol. The van der Waals surface area contributed by atoms with Crippen LogP contribution in [0.25, 0.3) is 5.69 Å². The first-order chi connectivity index (χ1) is 7.76. The predicted octanol–water partition coefficient (Wildman–Crippen LogP) is 1.92. The molecule has 1 aromatic heterocycles. The maximum atomic E-state index is 11.6. The lowest BCUT2D eigenvalue weighted by Gasteiger charge is -2.09. The van der Waals surface area contributed by atoms with E-state index < -0.39 is 0 Å². The van der Waals surface area contributed by atoms with Gasteiger partial charge in [-0.1, -0.05) is 11.5 Å². The van der Waals surface area contributed by atoms with Gasteiger partial charge in [-0.25, -0.2) is 3.96 Å². The van der Waals surface area contributed by atoms with Crippen LogP contribution in [0.5, 0.6) is 11.5 Å². The molecule has 5 heteroatoms. The molecule has 1 aromatic carbocycles. The van der Waals surface area contributed by atoms with E-state index >= 15 is 0 Å². The Morgan fingerprint density at radius 1 is 1.19 bits per heavy atom. The van der Waals surface area contributed by atoms with Crippen LogP contribution in [-0.2, 0) is 0 Å². The second-order valence-corrected chi connectivity index (χ2v) is 3.93. The van der Waals surface area contributed by atoms with Crippen LogP contribution >= 0.6 is 11.5 Å². The molecule has 0 aliphatic rings. The van der Waals surface area contributed by atoms with Gasteiger partial charge in [0.1, 0.15) is 17.2 Å². The lowest BCUT2D eigenvalue weighted by molar-refractivity contribution is 0.402. The highest BCUT2D eigenvalue weighted by Crippen LogP contribution is 2.27. The quantitative estimate of drug-likeness (QED) is 0.818. The molecule has 0 unspecified atom stereocenters. The van der Waals surface area contributed by atoms with Crippen molar-refractivity contribution in [1.29, 1.82) is 0 Å². The maximum Gasteiger partial charge on any atom is 0.265 e. The van der Waals surface area contributed by atoms with Crippen LogP contribution in [-0.4, -0.2) is 18.2 Å². The molecule has 0 bridgehead atoms. The number of hydrogen-bond donors (Lipinski definition) is 0. The number of rotatable bonds is 3. The van der Waals surface area contributed by atoms with Crippen molar-refractivity contribution in [3.8, 4) is 17.2 Å². The molecule has 0 radical (unpaired) electrons. The Morgan fingerprint density at radius 3 is 2.56 bits per heavy atom. The van der Waals surface area contributed by atoms with Crippen LogP contribution in [0.15, 0.2) is 34.4 Å². The lowest BCUT2D eigenvalue weighted by atomic mass is 10.3. The minimum atomic E-state index is -0.0726. The van der Waals surface area contributed by atoms with Gasteiger partial charge in [0.15, 0.2) is 0 Å². The molecule has 0 saturated carbocycles. The smallest absolute Gasteiger partial charge is 0.265 e. The van der Waals surface area contributed by atoms with Crippen molar-refractivity contribution in [2.24, 2.45) is 0 Å². The zero-order valence-electron chi connectivity index (χ0n) is 8.97. The number of nitrogens with zero attached hydrogens (tertiary/aromatic N) is 1. The van der Waals surface area contributed by atoms with Gasteiger partial charge in [-0.2, -0.15) is 0 Å². The maximum absolute atomic E-state index is 11.6. The Hall–Kier alpha value is -1.75. The first kappa shape index (κ1) is 10.8. The van der Waals surface area contributed by atoms with E-state index in [1.165, 1.54) is 17.6 Å². The van der Waals surface area contributed by atoms with E-state index in [1.54, 1.807) is 41.8 Å². The molecule has 0 fully saturated rings. The Kier molecular flexibility index (Phi) is 2.96. The summed E-state index contributed by atoms with van der Waals surface area (Å²) in [6.45, 7) is 0. The lowest BCUT2D eigenvalue weighted by Crippen LogP contribution is -2.10. The van der Waals surface area contributed by atoms with Gasteiger partial charge in [0, 0.05) is 17.5 Å². The van der Waals surface area contributed by atoms with Crippen LogP contribution < -0.4 is 15.0 Å². The molecule has 0 aliphatic heterocycles. The third-order valence-corrected chi connectivity index (χ3v) is 3.03. The van der Waals surface area contributed by atoms with Gasteiger partial charge in [-0.3, -0.25) is 4.79 Å². The molecule has 0 aliphatic carbocycles. The summed E-state index contributed by atoms with van der Waals surface area (Å²) in [6.07, 6.45) is 0. The summed E-state index contributed by atoms with van der Waals surface area (Å²) in [5.74, 6) is 1.33. The summed E-state index contributed by atoms with van der Waals surface area (Å²) in [6, 6.07) is 6.86. The molecule has 0 N–H and O–H groups in total.